The van der Waals surface area contributed by atoms with Crippen LogP contribution in [0.1, 0.15) is 0 Å². The van der Waals surface area contributed by atoms with E-state index < -0.39 is 0 Å². The monoisotopic (exact) mass is 402 g/mol. The molecule has 6 heteroatoms. The average molecular weight is 404 g/mol. The molecule has 0 bridgehead atoms. The Balaban J connectivity index is 0.00000180. The minimum Gasteiger partial charge on any atom is -1.00 e. The summed E-state index contributed by atoms with van der Waals surface area (Å²) in [6, 6.07) is 6.88. The lowest BCUT2D eigenvalue weighted by atomic mass is 10.4. The summed E-state index contributed by atoms with van der Waals surface area (Å²) in [5.74, 6) is 0.515. The minimum atomic E-state index is 0. The molecule has 0 saturated carbocycles. The van der Waals surface area contributed by atoms with Crippen LogP contribution in [0.4, 0.5) is 0 Å². The molecule has 108 valence electrons. The SMILES string of the molecule is Oc1ccc[n+](C/C=C\C[n+]2cccc(O)c2)c1.[Br-].[Br-]. The molecule has 0 fully saturated rings. The van der Waals surface area contributed by atoms with Crippen LogP contribution in [-0.4, -0.2) is 10.2 Å². The van der Waals surface area contributed by atoms with Crippen molar-refractivity contribution in [2.45, 2.75) is 13.1 Å². The van der Waals surface area contributed by atoms with Gasteiger partial charge in [-0.3, -0.25) is 0 Å². The highest BCUT2D eigenvalue weighted by Gasteiger charge is 2.00. The predicted molar refractivity (Wildman–Crippen MR) is 65.7 cm³/mol. The van der Waals surface area contributed by atoms with Gasteiger partial charge in [0.2, 0.25) is 12.4 Å². The van der Waals surface area contributed by atoms with E-state index in [0.29, 0.717) is 13.1 Å². The zero-order chi connectivity index (χ0) is 12.8. The Hall–Kier alpha value is -1.40. The lowest BCUT2D eigenvalue weighted by molar-refractivity contribution is -0.691. The summed E-state index contributed by atoms with van der Waals surface area (Å²) in [5, 5.41) is 18.6. The Morgan fingerprint density at radius 2 is 1.20 bits per heavy atom. The van der Waals surface area contributed by atoms with Crippen molar-refractivity contribution in [1.82, 2.24) is 0 Å². The Bertz CT molecular complexity index is 513. The van der Waals surface area contributed by atoms with E-state index in [9.17, 15) is 10.2 Å². The first kappa shape index (κ1) is 18.6. The van der Waals surface area contributed by atoms with E-state index >= 15 is 0 Å². The highest BCUT2D eigenvalue weighted by Crippen LogP contribution is 2.01. The maximum absolute atomic E-state index is 9.30. The molecule has 2 rings (SSSR count). The molecule has 2 aromatic heterocycles. The van der Waals surface area contributed by atoms with Gasteiger partial charge in [0.1, 0.15) is 0 Å². The largest absolute Gasteiger partial charge is 1.00 e. The number of hydrogen-bond acceptors (Lipinski definition) is 2. The Labute approximate surface area is 139 Å². The van der Waals surface area contributed by atoms with Crippen LogP contribution in [0.25, 0.3) is 0 Å². The Kier molecular flexibility index (Phi) is 8.83. The first-order chi connectivity index (χ1) is 8.74. The summed E-state index contributed by atoms with van der Waals surface area (Å²) >= 11 is 0. The van der Waals surface area contributed by atoms with Crippen LogP contribution in [0.5, 0.6) is 11.5 Å². The fourth-order valence-corrected chi connectivity index (χ4v) is 1.64. The predicted octanol–water partition coefficient (Wildman–Crippen LogP) is -5.06. The van der Waals surface area contributed by atoms with Crippen molar-refractivity contribution in [3.63, 3.8) is 0 Å². The molecule has 2 heterocycles. The molecule has 0 atom stereocenters. The van der Waals surface area contributed by atoms with Crippen LogP contribution < -0.4 is 43.1 Å². The number of hydrogen-bond donors (Lipinski definition) is 2. The molecule has 0 unspecified atom stereocenters. The zero-order valence-corrected chi connectivity index (χ0v) is 13.9. The van der Waals surface area contributed by atoms with Gasteiger partial charge >= 0.3 is 0 Å². The number of aromatic nitrogens is 2. The van der Waals surface area contributed by atoms with Crippen LogP contribution in [0.15, 0.2) is 61.2 Å². The molecule has 0 amide bonds. The molecule has 0 aliphatic rings. The topological polar surface area (TPSA) is 48.2 Å². The van der Waals surface area contributed by atoms with E-state index in [4.69, 9.17) is 0 Å². The van der Waals surface area contributed by atoms with Gasteiger partial charge in [-0.25, -0.2) is 0 Å². The van der Waals surface area contributed by atoms with Crippen molar-refractivity contribution in [3.8, 4) is 11.5 Å². The first-order valence-corrected chi connectivity index (χ1v) is 5.75. The molecule has 4 nitrogen and oxygen atoms in total. The minimum absolute atomic E-state index is 0. The lowest BCUT2D eigenvalue weighted by Gasteiger charge is -1.93. The van der Waals surface area contributed by atoms with Crippen molar-refractivity contribution in [3.05, 3.63) is 61.2 Å². The Morgan fingerprint density at radius 1 is 0.800 bits per heavy atom. The number of nitrogens with zero attached hydrogens (tertiary/aromatic N) is 2. The van der Waals surface area contributed by atoms with Gasteiger partial charge in [0, 0.05) is 12.1 Å². The van der Waals surface area contributed by atoms with E-state index in [1.807, 2.05) is 33.7 Å². The van der Waals surface area contributed by atoms with Crippen LogP contribution in [-0.2, 0) is 13.1 Å². The number of allylic oxidation sites excluding steroid dienone is 2. The smallest absolute Gasteiger partial charge is 0.211 e. The number of aromatic hydroxyl groups is 2. The molecule has 0 aliphatic heterocycles. The van der Waals surface area contributed by atoms with E-state index in [2.05, 4.69) is 0 Å². The summed E-state index contributed by atoms with van der Waals surface area (Å²) in [7, 11) is 0. The standard InChI is InChI=1S/C14H14N2O2.2BrH/c17-13-5-3-9-15(11-13)7-1-2-8-16-10-4-6-14(18)12-16;;/h1-6,9-12H,7-8H2;2*1H/b2-1-;;. The molecule has 20 heavy (non-hydrogen) atoms. The van der Waals surface area contributed by atoms with Gasteiger partial charge < -0.3 is 44.2 Å². The van der Waals surface area contributed by atoms with Crippen LogP contribution in [0.2, 0.25) is 0 Å². The fourth-order valence-electron chi connectivity index (χ4n) is 1.64. The van der Waals surface area contributed by atoms with E-state index in [0.717, 1.165) is 0 Å². The number of rotatable bonds is 4. The van der Waals surface area contributed by atoms with E-state index in [1.165, 1.54) is 0 Å². The van der Waals surface area contributed by atoms with Crippen molar-refractivity contribution in [2.75, 3.05) is 0 Å². The highest BCUT2D eigenvalue weighted by molar-refractivity contribution is 5.10. The summed E-state index contributed by atoms with van der Waals surface area (Å²) < 4.78 is 3.78. The third-order valence-electron chi connectivity index (χ3n) is 2.48. The molecule has 0 saturated heterocycles. The molecule has 2 aromatic rings. The van der Waals surface area contributed by atoms with Crippen LogP contribution in [0.3, 0.4) is 0 Å². The van der Waals surface area contributed by atoms with Crippen LogP contribution >= 0.6 is 0 Å². The maximum atomic E-state index is 9.30. The lowest BCUT2D eigenvalue weighted by Crippen LogP contribution is -3.00. The third kappa shape index (κ3) is 6.16. The summed E-state index contributed by atoms with van der Waals surface area (Å²) in [6.45, 7) is 1.40. The molecule has 0 radical (unpaired) electrons. The fraction of sp³-hybridized carbons (Fsp3) is 0.143. The second kappa shape index (κ2) is 9.50. The summed E-state index contributed by atoms with van der Waals surface area (Å²) in [4.78, 5) is 0. The second-order valence-electron chi connectivity index (χ2n) is 3.99. The molecule has 2 N–H and O–H groups in total. The molecular weight excluding hydrogens is 388 g/mol. The maximum Gasteiger partial charge on any atom is 0.211 e. The van der Waals surface area contributed by atoms with Gasteiger partial charge in [-0.15, -0.1) is 0 Å². The van der Waals surface area contributed by atoms with Crippen molar-refractivity contribution in [1.29, 1.82) is 0 Å². The van der Waals surface area contributed by atoms with Gasteiger partial charge in [-0.2, -0.15) is 9.13 Å². The van der Waals surface area contributed by atoms with Crippen molar-refractivity contribution >= 4 is 0 Å². The Morgan fingerprint density at radius 3 is 1.55 bits per heavy atom. The number of halogens is 2. The van der Waals surface area contributed by atoms with E-state index in [1.54, 1.807) is 36.7 Å². The molecule has 0 aromatic carbocycles. The summed E-state index contributed by atoms with van der Waals surface area (Å²) in [6.07, 6.45) is 11.2. The quantitative estimate of drug-likeness (QED) is 0.396. The van der Waals surface area contributed by atoms with Crippen molar-refractivity contribution in [2.24, 2.45) is 0 Å². The second-order valence-corrected chi connectivity index (χ2v) is 3.99. The van der Waals surface area contributed by atoms with E-state index in [-0.39, 0.29) is 45.5 Å². The first-order valence-electron chi connectivity index (χ1n) is 5.75. The zero-order valence-electron chi connectivity index (χ0n) is 10.7. The van der Waals surface area contributed by atoms with Gasteiger partial charge in [0.25, 0.3) is 0 Å². The summed E-state index contributed by atoms with van der Waals surface area (Å²) in [5.41, 5.74) is 0. The molecular formula is C14H16Br2N2O2. The van der Waals surface area contributed by atoms with Crippen molar-refractivity contribution < 1.29 is 53.3 Å². The molecule has 0 aliphatic carbocycles. The van der Waals surface area contributed by atoms with Gasteiger partial charge in [0.15, 0.2) is 37.0 Å². The van der Waals surface area contributed by atoms with Crippen LogP contribution in [0, 0.1) is 0 Å². The highest BCUT2D eigenvalue weighted by atomic mass is 79.9. The molecule has 0 spiro atoms. The van der Waals surface area contributed by atoms with Gasteiger partial charge in [-0.1, -0.05) is 0 Å². The van der Waals surface area contributed by atoms with Gasteiger partial charge in [0.05, 0.1) is 0 Å². The van der Waals surface area contributed by atoms with Gasteiger partial charge in [-0.05, 0) is 24.3 Å². The normalized spacial score (nSPS) is 9.80. The number of pyridine rings is 2. The average Bonchev–Trinajstić information content (AvgIpc) is 2.35. The third-order valence-corrected chi connectivity index (χ3v) is 2.48.